The number of carbonyl (C=O) groups is 1. The van der Waals surface area contributed by atoms with Crippen LogP contribution in [0.15, 0.2) is 79.0 Å². The van der Waals surface area contributed by atoms with Crippen LogP contribution in [0.5, 0.6) is 0 Å². The lowest BCUT2D eigenvalue weighted by Gasteiger charge is -2.18. The zero-order valence-electron chi connectivity index (χ0n) is 18.9. The van der Waals surface area contributed by atoms with Gasteiger partial charge in [0.1, 0.15) is 11.6 Å². The minimum atomic E-state index is -0.305. The number of fused-ring (bicyclic) bond motifs is 1. The van der Waals surface area contributed by atoms with Crippen molar-refractivity contribution in [3.05, 3.63) is 107 Å². The van der Waals surface area contributed by atoms with Crippen LogP contribution >= 0.6 is 0 Å². The standard InChI is InChI=1S/C28H28F2N2O/c1-19(2)16-31-28(33)15-25(21-9-13-23(30)14-10-21)26-18-32(27-6-4-3-5-24(26)27)17-20-7-11-22(29)12-8-20/h3-14,18-19,25H,15-17H2,1-2H3,(H,31,33)/t25-/m1/s1. The van der Waals surface area contributed by atoms with Crippen molar-refractivity contribution in [3.8, 4) is 0 Å². The van der Waals surface area contributed by atoms with E-state index in [1.807, 2.05) is 24.3 Å². The highest BCUT2D eigenvalue weighted by atomic mass is 19.1. The summed E-state index contributed by atoms with van der Waals surface area (Å²) in [6, 6.07) is 20.9. The quantitative estimate of drug-likeness (QED) is 0.340. The van der Waals surface area contributed by atoms with Crippen LogP contribution in [0.3, 0.4) is 0 Å². The van der Waals surface area contributed by atoms with Gasteiger partial charge in [0.05, 0.1) is 0 Å². The highest BCUT2D eigenvalue weighted by molar-refractivity contribution is 5.86. The molecule has 0 spiro atoms. The molecule has 0 bridgehead atoms. The van der Waals surface area contributed by atoms with E-state index in [1.165, 1.54) is 24.3 Å². The molecule has 0 radical (unpaired) electrons. The van der Waals surface area contributed by atoms with Crippen LogP contribution in [0.25, 0.3) is 10.9 Å². The molecule has 4 aromatic rings. The number of carbonyl (C=O) groups excluding carboxylic acids is 1. The fraction of sp³-hybridized carbons (Fsp3) is 0.250. The Morgan fingerprint density at radius 1 is 0.909 bits per heavy atom. The van der Waals surface area contributed by atoms with E-state index in [1.54, 1.807) is 24.3 Å². The minimum absolute atomic E-state index is 0.0339. The van der Waals surface area contributed by atoms with Gasteiger partial charge in [-0.1, -0.05) is 56.3 Å². The van der Waals surface area contributed by atoms with E-state index in [2.05, 4.69) is 29.9 Å². The first kappa shape index (κ1) is 22.7. The second-order valence-corrected chi connectivity index (χ2v) is 8.86. The molecule has 0 unspecified atom stereocenters. The average molecular weight is 447 g/mol. The maximum absolute atomic E-state index is 13.6. The molecule has 0 aliphatic carbocycles. The molecule has 5 heteroatoms. The molecule has 1 amide bonds. The Kier molecular flexibility index (Phi) is 6.87. The van der Waals surface area contributed by atoms with Crippen LogP contribution in [-0.4, -0.2) is 17.0 Å². The molecule has 1 N–H and O–H groups in total. The molecule has 0 saturated carbocycles. The molecule has 1 atom stereocenters. The number of benzene rings is 3. The highest BCUT2D eigenvalue weighted by Gasteiger charge is 2.23. The van der Waals surface area contributed by atoms with Crippen LogP contribution in [0, 0.1) is 17.6 Å². The van der Waals surface area contributed by atoms with Crippen molar-refractivity contribution in [1.29, 1.82) is 0 Å². The summed E-state index contributed by atoms with van der Waals surface area (Å²) < 4.78 is 29.1. The number of aromatic nitrogens is 1. The van der Waals surface area contributed by atoms with Gasteiger partial charge in [0.15, 0.2) is 0 Å². The molecule has 1 heterocycles. The smallest absolute Gasteiger partial charge is 0.220 e. The molecule has 0 saturated heterocycles. The van der Waals surface area contributed by atoms with E-state index >= 15 is 0 Å². The van der Waals surface area contributed by atoms with Crippen molar-refractivity contribution in [2.45, 2.75) is 32.7 Å². The molecular formula is C28H28F2N2O. The van der Waals surface area contributed by atoms with Crippen molar-refractivity contribution in [3.63, 3.8) is 0 Å². The van der Waals surface area contributed by atoms with Crippen LogP contribution in [0.1, 0.15) is 42.9 Å². The third-order valence-corrected chi connectivity index (χ3v) is 5.83. The number of rotatable bonds is 8. The largest absolute Gasteiger partial charge is 0.356 e. The number of nitrogens with zero attached hydrogens (tertiary/aromatic N) is 1. The van der Waals surface area contributed by atoms with Gasteiger partial charge < -0.3 is 9.88 Å². The molecule has 0 fully saturated rings. The van der Waals surface area contributed by atoms with Crippen molar-refractivity contribution in [1.82, 2.24) is 9.88 Å². The third-order valence-electron chi connectivity index (χ3n) is 5.83. The molecule has 4 rings (SSSR count). The molecule has 33 heavy (non-hydrogen) atoms. The van der Waals surface area contributed by atoms with E-state index in [-0.39, 0.29) is 29.9 Å². The fourth-order valence-electron chi connectivity index (χ4n) is 4.15. The average Bonchev–Trinajstić information content (AvgIpc) is 3.16. The Hall–Kier alpha value is -3.47. The Balaban J connectivity index is 1.74. The first-order chi connectivity index (χ1) is 15.9. The van der Waals surface area contributed by atoms with Gasteiger partial charge in [-0.15, -0.1) is 0 Å². The SMILES string of the molecule is CC(C)CNC(=O)C[C@H](c1ccc(F)cc1)c1cn(Cc2ccc(F)cc2)c2ccccc12. The normalized spacial score (nSPS) is 12.3. The summed E-state index contributed by atoms with van der Waals surface area (Å²) in [5.41, 5.74) is 3.92. The Labute approximate surface area is 193 Å². The molecular weight excluding hydrogens is 418 g/mol. The highest BCUT2D eigenvalue weighted by Crippen LogP contribution is 2.35. The molecule has 0 aliphatic rings. The lowest BCUT2D eigenvalue weighted by molar-refractivity contribution is -0.121. The fourth-order valence-corrected chi connectivity index (χ4v) is 4.15. The zero-order valence-corrected chi connectivity index (χ0v) is 18.9. The Bertz CT molecular complexity index is 1230. The van der Waals surface area contributed by atoms with Gasteiger partial charge in [-0.3, -0.25) is 4.79 Å². The van der Waals surface area contributed by atoms with Gasteiger partial charge in [-0.05, 0) is 52.9 Å². The lowest BCUT2D eigenvalue weighted by atomic mass is 9.88. The maximum atomic E-state index is 13.6. The summed E-state index contributed by atoms with van der Waals surface area (Å²) in [6.45, 7) is 5.30. The number of para-hydroxylation sites is 1. The monoisotopic (exact) mass is 446 g/mol. The van der Waals surface area contributed by atoms with E-state index in [0.29, 0.717) is 19.0 Å². The third kappa shape index (κ3) is 5.48. The van der Waals surface area contributed by atoms with Gasteiger partial charge in [-0.2, -0.15) is 0 Å². The number of nitrogens with one attached hydrogen (secondary N) is 1. The summed E-state index contributed by atoms with van der Waals surface area (Å²) in [5, 5.41) is 4.05. The van der Waals surface area contributed by atoms with E-state index < -0.39 is 0 Å². The van der Waals surface area contributed by atoms with E-state index in [0.717, 1.165) is 27.6 Å². The van der Waals surface area contributed by atoms with Gasteiger partial charge >= 0.3 is 0 Å². The van der Waals surface area contributed by atoms with E-state index in [4.69, 9.17) is 0 Å². The van der Waals surface area contributed by atoms with E-state index in [9.17, 15) is 13.6 Å². The summed E-state index contributed by atoms with van der Waals surface area (Å²) in [4.78, 5) is 12.8. The second kappa shape index (κ2) is 9.99. The maximum Gasteiger partial charge on any atom is 0.220 e. The number of amides is 1. The second-order valence-electron chi connectivity index (χ2n) is 8.86. The Morgan fingerprint density at radius 2 is 1.55 bits per heavy atom. The van der Waals surface area contributed by atoms with Gasteiger partial charge in [0.2, 0.25) is 5.91 Å². The molecule has 1 aromatic heterocycles. The predicted octanol–water partition coefficient (Wildman–Crippen LogP) is 6.26. The Morgan fingerprint density at radius 3 is 2.21 bits per heavy atom. The van der Waals surface area contributed by atoms with Crippen LogP contribution in [-0.2, 0) is 11.3 Å². The summed E-state index contributed by atoms with van der Waals surface area (Å²) >= 11 is 0. The molecule has 3 nitrogen and oxygen atoms in total. The molecule has 3 aromatic carbocycles. The number of halogens is 2. The van der Waals surface area contributed by atoms with Crippen LogP contribution in [0.4, 0.5) is 8.78 Å². The number of hydrogen-bond donors (Lipinski definition) is 1. The molecule has 170 valence electrons. The summed E-state index contributed by atoms with van der Waals surface area (Å²) in [7, 11) is 0. The van der Waals surface area contributed by atoms with Crippen molar-refractivity contribution >= 4 is 16.8 Å². The van der Waals surface area contributed by atoms with Crippen LogP contribution < -0.4 is 5.32 Å². The molecule has 0 aliphatic heterocycles. The topological polar surface area (TPSA) is 34.0 Å². The lowest BCUT2D eigenvalue weighted by Crippen LogP contribution is -2.28. The van der Waals surface area contributed by atoms with Gasteiger partial charge in [0, 0.05) is 42.5 Å². The summed E-state index contributed by atoms with van der Waals surface area (Å²) in [5.74, 6) is -0.470. The zero-order chi connectivity index (χ0) is 23.4. The first-order valence-electron chi connectivity index (χ1n) is 11.2. The van der Waals surface area contributed by atoms with Crippen molar-refractivity contribution in [2.75, 3.05) is 6.54 Å². The predicted molar refractivity (Wildman–Crippen MR) is 128 cm³/mol. The van der Waals surface area contributed by atoms with Gasteiger partial charge in [0.25, 0.3) is 0 Å². The van der Waals surface area contributed by atoms with Crippen LogP contribution in [0.2, 0.25) is 0 Å². The number of hydrogen-bond acceptors (Lipinski definition) is 1. The van der Waals surface area contributed by atoms with Crippen molar-refractivity contribution < 1.29 is 13.6 Å². The van der Waals surface area contributed by atoms with Gasteiger partial charge in [-0.25, -0.2) is 8.78 Å². The summed E-state index contributed by atoms with van der Waals surface area (Å²) in [6.07, 6.45) is 2.33. The first-order valence-corrected chi connectivity index (χ1v) is 11.2. The van der Waals surface area contributed by atoms with Crippen molar-refractivity contribution in [2.24, 2.45) is 5.92 Å². The minimum Gasteiger partial charge on any atom is -0.356 e.